The standard InChI is InChI=1S/C31H24N4O2/c36-27-17-11-22(12-18-27)19-28-31(37)34-21-29(32-20-30(34)33-28)23-13-15-26(16-14-23)35(24-7-3-1-4-8-24)25-9-5-2-6-10-25/h1-18,20-21,36-37H,19H2. The SMILES string of the molecule is Oc1ccc(Cc2nc3cnc(-c4ccc(N(c5ccccc5)c5ccccc5)cc4)cn3c2O)cc1. The molecule has 2 heterocycles. The van der Waals surface area contributed by atoms with Crippen molar-refractivity contribution in [1.29, 1.82) is 0 Å². The molecule has 0 aliphatic rings. The second-order valence-electron chi connectivity index (χ2n) is 8.78. The van der Waals surface area contributed by atoms with Crippen molar-refractivity contribution in [1.82, 2.24) is 14.4 Å². The summed E-state index contributed by atoms with van der Waals surface area (Å²) in [5, 5.41) is 20.4. The Kier molecular flexibility index (Phi) is 5.75. The van der Waals surface area contributed by atoms with Crippen molar-refractivity contribution in [2.24, 2.45) is 0 Å². The van der Waals surface area contributed by atoms with Gasteiger partial charge in [-0.25, -0.2) is 4.98 Å². The zero-order chi connectivity index (χ0) is 25.2. The Morgan fingerprint density at radius 3 is 1.89 bits per heavy atom. The van der Waals surface area contributed by atoms with Crippen LogP contribution in [-0.4, -0.2) is 24.6 Å². The van der Waals surface area contributed by atoms with Gasteiger partial charge in [-0.2, -0.15) is 0 Å². The van der Waals surface area contributed by atoms with E-state index in [1.165, 1.54) is 0 Å². The molecule has 0 spiro atoms. The minimum atomic E-state index is 0.0858. The van der Waals surface area contributed by atoms with Gasteiger partial charge in [0.25, 0.3) is 0 Å². The first-order valence-electron chi connectivity index (χ1n) is 12.0. The molecular formula is C31H24N4O2. The van der Waals surface area contributed by atoms with Crippen molar-refractivity contribution in [3.8, 4) is 22.9 Å². The molecule has 37 heavy (non-hydrogen) atoms. The number of phenolic OH excluding ortho intramolecular Hbond substituents is 1. The maximum Gasteiger partial charge on any atom is 0.219 e. The summed E-state index contributed by atoms with van der Waals surface area (Å²) in [7, 11) is 0. The van der Waals surface area contributed by atoms with Gasteiger partial charge in [0, 0.05) is 35.2 Å². The highest BCUT2D eigenvalue weighted by Gasteiger charge is 2.15. The highest BCUT2D eigenvalue weighted by Crippen LogP contribution is 2.35. The molecule has 0 saturated carbocycles. The summed E-state index contributed by atoms with van der Waals surface area (Å²) in [6.07, 6.45) is 3.93. The van der Waals surface area contributed by atoms with Crippen molar-refractivity contribution >= 4 is 22.7 Å². The van der Waals surface area contributed by atoms with Gasteiger partial charge >= 0.3 is 0 Å². The fourth-order valence-corrected chi connectivity index (χ4v) is 4.45. The van der Waals surface area contributed by atoms with Gasteiger partial charge in [-0.15, -0.1) is 0 Å². The second kappa shape index (κ2) is 9.51. The Hall–Kier alpha value is -5.10. The number of para-hydroxylation sites is 2. The van der Waals surface area contributed by atoms with E-state index in [1.807, 2.05) is 60.7 Å². The smallest absolute Gasteiger partial charge is 0.219 e. The van der Waals surface area contributed by atoms with Crippen molar-refractivity contribution in [2.45, 2.75) is 6.42 Å². The molecule has 6 aromatic rings. The van der Waals surface area contributed by atoms with E-state index < -0.39 is 0 Å². The number of fused-ring (bicyclic) bond motifs is 1. The number of hydrogen-bond donors (Lipinski definition) is 2. The van der Waals surface area contributed by atoms with Crippen molar-refractivity contribution in [2.75, 3.05) is 4.90 Å². The molecule has 0 amide bonds. The van der Waals surface area contributed by atoms with Crippen molar-refractivity contribution in [3.63, 3.8) is 0 Å². The number of nitrogens with zero attached hydrogens (tertiary/aromatic N) is 4. The summed E-state index contributed by atoms with van der Waals surface area (Å²) in [6.45, 7) is 0. The fourth-order valence-electron chi connectivity index (χ4n) is 4.45. The minimum absolute atomic E-state index is 0.0858. The van der Waals surface area contributed by atoms with Gasteiger partial charge in [0.2, 0.25) is 5.88 Å². The molecule has 0 aliphatic heterocycles. The van der Waals surface area contributed by atoms with E-state index >= 15 is 0 Å². The molecule has 0 bridgehead atoms. The fraction of sp³-hybridized carbons (Fsp3) is 0.0323. The first kappa shape index (κ1) is 22.4. The second-order valence-corrected chi connectivity index (χ2v) is 8.78. The largest absolute Gasteiger partial charge is 0.508 e. The topological polar surface area (TPSA) is 73.9 Å². The number of anilines is 3. The average Bonchev–Trinajstić information content (AvgIpc) is 3.26. The van der Waals surface area contributed by atoms with Gasteiger partial charge in [-0.05, 0) is 54.1 Å². The van der Waals surface area contributed by atoms with E-state index in [1.54, 1.807) is 28.9 Å². The van der Waals surface area contributed by atoms with Gasteiger partial charge in [-0.3, -0.25) is 9.38 Å². The molecule has 6 nitrogen and oxygen atoms in total. The number of rotatable bonds is 6. The first-order chi connectivity index (χ1) is 18.2. The molecule has 0 radical (unpaired) electrons. The zero-order valence-corrected chi connectivity index (χ0v) is 19.9. The molecule has 6 heteroatoms. The molecule has 4 aromatic carbocycles. The van der Waals surface area contributed by atoms with E-state index in [0.717, 1.165) is 33.9 Å². The lowest BCUT2D eigenvalue weighted by Crippen LogP contribution is -2.09. The Balaban J connectivity index is 1.32. The van der Waals surface area contributed by atoms with Gasteiger partial charge in [0.05, 0.1) is 11.9 Å². The average molecular weight is 485 g/mol. The molecule has 180 valence electrons. The van der Waals surface area contributed by atoms with Crippen LogP contribution in [-0.2, 0) is 6.42 Å². The number of benzene rings is 4. The van der Waals surface area contributed by atoms with Crippen molar-refractivity contribution < 1.29 is 10.2 Å². The predicted octanol–water partition coefficient (Wildman–Crippen LogP) is 6.87. The zero-order valence-electron chi connectivity index (χ0n) is 19.9. The van der Waals surface area contributed by atoms with E-state index in [4.69, 9.17) is 0 Å². The summed E-state index contributed by atoms with van der Waals surface area (Å²) in [6, 6.07) is 35.6. The molecule has 0 atom stereocenters. The van der Waals surface area contributed by atoms with Crippen LogP contribution in [0.1, 0.15) is 11.3 Å². The lowest BCUT2D eigenvalue weighted by atomic mass is 10.1. The maximum atomic E-state index is 10.9. The summed E-state index contributed by atoms with van der Waals surface area (Å²) in [5.74, 6) is 0.293. The van der Waals surface area contributed by atoms with E-state index in [0.29, 0.717) is 17.8 Å². The predicted molar refractivity (Wildman–Crippen MR) is 146 cm³/mol. The molecule has 0 fully saturated rings. The van der Waals surface area contributed by atoms with Crippen LogP contribution in [0.5, 0.6) is 11.6 Å². The number of imidazole rings is 1. The van der Waals surface area contributed by atoms with E-state index in [9.17, 15) is 10.2 Å². The molecule has 6 rings (SSSR count). The van der Waals surface area contributed by atoms with Crippen LogP contribution in [0.2, 0.25) is 0 Å². The quantitative estimate of drug-likeness (QED) is 0.270. The Morgan fingerprint density at radius 1 is 0.676 bits per heavy atom. The summed E-state index contributed by atoms with van der Waals surface area (Å²) in [5.41, 5.74) is 6.92. The van der Waals surface area contributed by atoms with Crippen LogP contribution in [0.25, 0.3) is 16.9 Å². The number of aromatic hydroxyl groups is 2. The minimum Gasteiger partial charge on any atom is -0.508 e. The molecule has 0 unspecified atom stereocenters. The van der Waals surface area contributed by atoms with Crippen LogP contribution < -0.4 is 4.90 Å². The molecular weight excluding hydrogens is 460 g/mol. The summed E-state index contributed by atoms with van der Waals surface area (Å²) < 4.78 is 1.66. The third kappa shape index (κ3) is 4.48. The molecule has 2 N–H and O–H groups in total. The normalized spacial score (nSPS) is 11.0. The van der Waals surface area contributed by atoms with Crippen LogP contribution in [0.3, 0.4) is 0 Å². The third-order valence-electron chi connectivity index (χ3n) is 6.31. The Morgan fingerprint density at radius 2 is 1.27 bits per heavy atom. The van der Waals surface area contributed by atoms with E-state index in [-0.39, 0.29) is 11.6 Å². The Bertz CT molecular complexity index is 1610. The van der Waals surface area contributed by atoms with Gasteiger partial charge in [0.15, 0.2) is 5.65 Å². The highest BCUT2D eigenvalue weighted by molar-refractivity contribution is 5.77. The van der Waals surface area contributed by atoms with Gasteiger partial charge in [-0.1, -0.05) is 60.7 Å². The summed E-state index contributed by atoms with van der Waals surface area (Å²) >= 11 is 0. The van der Waals surface area contributed by atoms with Crippen LogP contribution in [0, 0.1) is 0 Å². The number of phenols is 1. The maximum absolute atomic E-state index is 10.9. The number of aromatic nitrogens is 3. The third-order valence-corrected chi connectivity index (χ3v) is 6.31. The van der Waals surface area contributed by atoms with Crippen LogP contribution >= 0.6 is 0 Å². The lowest BCUT2D eigenvalue weighted by molar-refractivity contribution is 0.442. The monoisotopic (exact) mass is 484 g/mol. The highest BCUT2D eigenvalue weighted by atomic mass is 16.3. The van der Waals surface area contributed by atoms with Crippen LogP contribution in [0.4, 0.5) is 17.1 Å². The Labute approximate surface area is 214 Å². The number of hydrogen-bond acceptors (Lipinski definition) is 5. The molecule has 2 aromatic heterocycles. The summed E-state index contributed by atoms with van der Waals surface area (Å²) in [4.78, 5) is 11.4. The lowest BCUT2D eigenvalue weighted by Gasteiger charge is -2.25. The molecule has 0 aliphatic carbocycles. The van der Waals surface area contributed by atoms with Crippen molar-refractivity contribution in [3.05, 3.63) is 133 Å². The first-order valence-corrected chi connectivity index (χ1v) is 12.0. The van der Waals surface area contributed by atoms with E-state index in [2.05, 4.69) is 51.3 Å². The van der Waals surface area contributed by atoms with Crippen LogP contribution in [0.15, 0.2) is 122 Å². The van der Waals surface area contributed by atoms with Gasteiger partial charge in [0.1, 0.15) is 11.4 Å². The molecule has 0 saturated heterocycles. The van der Waals surface area contributed by atoms with Gasteiger partial charge < -0.3 is 15.1 Å².